The summed E-state index contributed by atoms with van der Waals surface area (Å²) in [6, 6.07) is 16.2. The molecule has 0 atom stereocenters. The highest BCUT2D eigenvalue weighted by molar-refractivity contribution is 8.19. The zero-order valence-corrected chi connectivity index (χ0v) is 16.9. The highest BCUT2D eigenvalue weighted by atomic mass is 32.2. The molecule has 2 aromatic rings. The van der Waals surface area contributed by atoms with Crippen molar-refractivity contribution in [3.05, 3.63) is 54.1 Å². The second-order valence-electron chi connectivity index (χ2n) is 6.72. The van der Waals surface area contributed by atoms with Crippen LogP contribution in [0, 0.1) is 0 Å². The largest absolute Gasteiger partial charge is 0.484 e. The number of hydrogen-bond donors (Lipinski definition) is 1. The number of thioether (sulfide) groups is 2. The molecule has 0 unspecified atom stereocenters. The second kappa shape index (κ2) is 8.93. The molecule has 2 heterocycles. The van der Waals surface area contributed by atoms with Crippen LogP contribution in [0.5, 0.6) is 5.75 Å². The van der Waals surface area contributed by atoms with E-state index in [0.29, 0.717) is 4.58 Å². The van der Waals surface area contributed by atoms with Gasteiger partial charge in [0.05, 0.1) is 4.58 Å². The van der Waals surface area contributed by atoms with Crippen LogP contribution in [-0.2, 0) is 4.79 Å². The number of carbonyl (C=O) groups is 1. The van der Waals surface area contributed by atoms with Crippen molar-refractivity contribution in [3.8, 4) is 5.75 Å². The molecule has 142 valence electrons. The van der Waals surface area contributed by atoms with E-state index in [2.05, 4.69) is 28.4 Å². The maximum atomic E-state index is 12.2. The van der Waals surface area contributed by atoms with Gasteiger partial charge < -0.3 is 15.0 Å². The molecule has 2 saturated heterocycles. The fourth-order valence-corrected chi connectivity index (χ4v) is 6.23. The van der Waals surface area contributed by atoms with Gasteiger partial charge in [0.2, 0.25) is 0 Å². The van der Waals surface area contributed by atoms with E-state index in [0.717, 1.165) is 24.5 Å². The topological polar surface area (TPSA) is 41.6 Å². The Morgan fingerprint density at radius 3 is 2.56 bits per heavy atom. The average molecular weight is 401 g/mol. The Balaban J connectivity index is 1.28. The first-order chi connectivity index (χ1) is 13.3. The van der Waals surface area contributed by atoms with E-state index < -0.39 is 0 Å². The maximum Gasteiger partial charge on any atom is 0.262 e. The highest BCUT2D eigenvalue weighted by Gasteiger charge is 2.18. The van der Waals surface area contributed by atoms with Crippen molar-refractivity contribution in [1.82, 2.24) is 0 Å². The molecule has 0 radical (unpaired) electrons. The molecule has 0 saturated carbocycles. The van der Waals surface area contributed by atoms with E-state index in [4.69, 9.17) is 4.74 Å². The van der Waals surface area contributed by atoms with Crippen LogP contribution in [0.15, 0.2) is 48.5 Å². The van der Waals surface area contributed by atoms with E-state index in [1.807, 2.05) is 53.9 Å². The summed E-state index contributed by atoms with van der Waals surface area (Å²) in [4.78, 5) is 14.6. The lowest BCUT2D eigenvalue weighted by Gasteiger charge is -2.18. The lowest BCUT2D eigenvalue weighted by molar-refractivity contribution is -0.118. The smallest absolute Gasteiger partial charge is 0.262 e. The lowest BCUT2D eigenvalue weighted by Crippen LogP contribution is -2.21. The monoisotopic (exact) mass is 400 g/mol. The number of ether oxygens (including phenoxy) is 1. The van der Waals surface area contributed by atoms with Gasteiger partial charge in [-0.2, -0.15) is 0 Å². The van der Waals surface area contributed by atoms with E-state index in [9.17, 15) is 4.79 Å². The molecule has 27 heavy (non-hydrogen) atoms. The molecule has 0 spiro atoms. The third kappa shape index (κ3) is 4.93. The molecule has 2 fully saturated rings. The van der Waals surface area contributed by atoms with Crippen LogP contribution in [0.1, 0.15) is 23.0 Å². The van der Waals surface area contributed by atoms with Gasteiger partial charge in [0.1, 0.15) is 5.75 Å². The first-order valence-corrected chi connectivity index (χ1v) is 11.5. The van der Waals surface area contributed by atoms with Gasteiger partial charge in [-0.3, -0.25) is 4.79 Å². The van der Waals surface area contributed by atoms with E-state index >= 15 is 0 Å². The number of rotatable bonds is 6. The zero-order chi connectivity index (χ0) is 18.5. The third-order valence-electron chi connectivity index (χ3n) is 4.75. The van der Waals surface area contributed by atoms with Crippen molar-refractivity contribution in [3.63, 3.8) is 0 Å². The van der Waals surface area contributed by atoms with Gasteiger partial charge in [-0.25, -0.2) is 0 Å². The number of amides is 1. The van der Waals surface area contributed by atoms with Crippen molar-refractivity contribution in [2.24, 2.45) is 0 Å². The number of benzene rings is 2. The van der Waals surface area contributed by atoms with Crippen LogP contribution in [0.25, 0.3) is 0 Å². The molecule has 2 aromatic carbocycles. The summed E-state index contributed by atoms with van der Waals surface area (Å²) in [5.74, 6) is 3.02. The third-order valence-corrected chi connectivity index (χ3v) is 7.85. The molecule has 6 heteroatoms. The van der Waals surface area contributed by atoms with Gasteiger partial charge in [-0.05, 0) is 48.7 Å². The number of hydrogen-bond acceptors (Lipinski definition) is 5. The SMILES string of the molecule is O=C(COc1ccc(C2SCCS2)cc1)Nc1cccc(N2CCCC2)c1. The van der Waals surface area contributed by atoms with Crippen LogP contribution in [0.4, 0.5) is 11.4 Å². The summed E-state index contributed by atoms with van der Waals surface area (Å²) >= 11 is 3.97. The van der Waals surface area contributed by atoms with E-state index in [1.165, 1.54) is 35.6 Å². The van der Waals surface area contributed by atoms with Crippen LogP contribution < -0.4 is 15.0 Å². The minimum Gasteiger partial charge on any atom is -0.484 e. The number of nitrogens with zero attached hydrogens (tertiary/aromatic N) is 1. The fraction of sp³-hybridized carbons (Fsp3) is 0.381. The molecule has 4 nitrogen and oxygen atoms in total. The summed E-state index contributed by atoms with van der Waals surface area (Å²) in [5, 5.41) is 2.93. The Bertz CT molecular complexity index is 770. The minimum absolute atomic E-state index is 0.0141. The predicted molar refractivity (Wildman–Crippen MR) is 116 cm³/mol. The first kappa shape index (κ1) is 18.6. The highest BCUT2D eigenvalue weighted by Crippen LogP contribution is 2.45. The lowest BCUT2D eigenvalue weighted by atomic mass is 10.2. The summed E-state index contributed by atoms with van der Waals surface area (Å²) < 4.78 is 6.18. The maximum absolute atomic E-state index is 12.2. The number of anilines is 2. The van der Waals surface area contributed by atoms with Crippen molar-refractivity contribution in [2.45, 2.75) is 17.4 Å². The number of nitrogens with one attached hydrogen (secondary N) is 1. The molecular formula is C21H24N2O2S2. The van der Waals surface area contributed by atoms with Crippen molar-refractivity contribution in [1.29, 1.82) is 0 Å². The van der Waals surface area contributed by atoms with Crippen molar-refractivity contribution < 1.29 is 9.53 Å². The van der Waals surface area contributed by atoms with E-state index in [1.54, 1.807) is 0 Å². The normalized spacial score (nSPS) is 17.3. The standard InChI is InChI=1S/C21H24N2O2S2/c24-20(22-17-4-3-5-18(14-17)23-10-1-2-11-23)15-25-19-8-6-16(7-9-19)21-26-12-13-27-21/h3-9,14,21H,1-2,10-13,15H2,(H,22,24). The molecule has 0 aliphatic carbocycles. The van der Waals surface area contributed by atoms with Gasteiger partial charge >= 0.3 is 0 Å². The second-order valence-corrected chi connectivity index (χ2v) is 9.45. The predicted octanol–water partition coefficient (Wildman–Crippen LogP) is 4.78. The van der Waals surface area contributed by atoms with Gasteiger partial charge in [0, 0.05) is 36.0 Å². The summed E-state index contributed by atoms with van der Waals surface area (Å²) in [6.45, 7) is 2.20. The molecule has 2 aliphatic heterocycles. The molecule has 4 rings (SSSR count). The first-order valence-electron chi connectivity index (χ1n) is 9.39. The minimum atomic E-state index is -0.139. The zero-order valence-electron chi connectivity index (χ0n) is 15.2. The molecular weight excluding hydrogens is 376 g/mol. The van der Waals surface area contributed by atoms with Crippen LogP contribution in [-0.4, -0.2) is 37.1 Å². The Labute approximate surface area is 169 Å². The average Bonchev–Trinajstić information content (AvgIpc) is 3.41. The van der Waals surface area contributed by atoms with Gasteiger partial charge in [-0.1, -0.05) is 18.2 Å². The fourth-order valence-electron chi connectivity index (χ4n) is 3.37. The molecule has 2 aliphatic rings. The van der Waals surface area contributed by atoms with Gasteiger partial charge in [-0.15, -0.1) is 23.5 Å². The van der Waals surface area contributed by atoms with Gasteiger partial charge in [0.15, 0.2) is 6.61 Å². The van der Waals surface area contributed by atoms with Crippen molar-refractivity contribution in [2.75, 3.05) is 41.4 Å². The number of carbonyl (C=O) groups excluding carboxylic acids is 1. The van der Waals surface area contributed by atoms with Gasteiger partial charge in [0.25, 0.3) is 5.91 Å². The van der Waals surface area contributed by atoms with Crippen LogP contribution in [0.2, 0.25) is 0 Å². The quantitative estimate of drug-likeness (QED) is 0.756. The molecule has 1 amide bonds. The van der Waals surface area contributed by atoms with Crippen LogP contribution >= 0.6 is 23.5 Å². The summed E-state index contributed by atoms with van der Waals surface area (Å²) in [6.07, 6.45) is 2.47. The molecule has 0 aromatic heterocycles. The summed E-state index contributed by atoms with van der Waals surface area (Å²) in [5.41, 5.74) is 3.31. The summed E-state index contributed by atoms with van der Waals surface area (Å²) in [7, 11) is 0. The Morgan fingerprint density at radius 2 is 1.81 bits per heavy atom. The van der Waals surface area contributed by atoms with Crippen LogP contribution in [0.3, 0.4) is 0 Å². The Kier molecular flexibility index (Phi) is 6.14. The Hall–Kier alpha value is -1.79. The van der Waals surface area contributed by atoms with E-state index in [-0.39, 0.29) is 12.5 Å². The molecule has 1 N–H and O–H groups in total. The Morgan fingerprint density at radius 1 is 1.07 bits per heavy atom. The molecule has 0 bridgehead atoms. The van der Waals surface area contributed by atoms with Crippen molar-refractivity contribution >= 4 is 40.8 Å².